The lowest BCUT2D eigenvalue weighted by atomic mass is 10.1. The normalized spacial score (nSPS) is 15.1. The van der Waals surface area contributed by atoms with Crippen LogP contribution in [0.4, 0.5) is 0 Å². The van der Waals surface area contributed by atoms with E-state index in [0.29, 0.717) is 11.3 Å². The highest BCUT2D eigenvalue weighted by Crippen LogP contribution is 2.27. The topological polar surface area (TPSA) is 67.3 Å². The summed E-state index contributed by atoms with van der Waals surface area (Å²) in [5, 5.41) is 0.200. The van der Waals surface area contributed by atoms with E-state index in [-0.39, 0.29) is 27.3 Å². The van der Waals surface area contributed by atoms with Crippen molar-refractivity contribution in [2.75, 3.05) is 13.1 Å². The van der Waals surface area contributed by atoms with E-state index < -0.39 is 9.84 Å². The van der Waals surface area contributed by atoms with Crippen molar-refractivity contribution in [2.24, 2.45) is 0 Å². The predicted molar refractivity (Wildman–Crippen MR) is 101 cm³/mol. The molecule has 0 bridgehead atoms. The number of amides is 1. The van der Waals surface area contributed by atoms with Crippen LogP contribution in [0, 0.1) is 6.92 Å². The van der Waals surface area contributed by atoms with Gasteiger partial charge in [-0.15, -0.1) is 0 Å². The number of aromatic nitrogens is 1. The molecule has 138 valence electrons. The second-order valence-corrected chi connectivity index (χ2v) is 8.85. The molecule has 1 amide bonds. The van der Waals surface area contributed by atoms with Gasteiger partial charge in [-0.2, -0.15) is 0 Å². The minimum Gasteiger partial charge on any atom is -0.337 e. The molecule has 0 N–H and O–H groups in total. The molecule has 0 aliphatic carbocycles. The third-order valence-corrected chi connectivity index (χ3v) is 6.75. The van der Waals surface area contributed by atoms with Crippen molar-refractivity contribution in [2.45, 2.75) is 36.8 Å². The van der Waals surface area contributed by atoms with E-state index in [4.69, 9.17) is 11.6 Å². The average Bonchev–Trinajstić information content (AvgIpc) is 2.61. The zero-order valence-corrected chi connectivity index (χ0v) is 16.2. The van der Waals surface area contributed by atoms with Gasteiger partial charge in [-0.3, -0.25) is 4.79 Å². The summed E-state index contributed by atoms with van der Waals surface area (Å²) in [4.78, 5) is 18.8. The number of benzene rings is 1. The van der Waals surface area contributed by atoms with Crippen molar-refractivity contribution >= 4 is 27.3 Å². The highest BCUT2D eigenvalue weighted by Gasteiger charge is 2.23. The maximum atomic E-state index is 12.8. The molecule has 1 aromatic heterocycles. The number of nitrogens with zero attached hydrogens (tertiary/aromatic N) is 2. The fourth-order valence-corrected chi connectivity index (χ4v) is 5.41. The quantitative estimate of drug-likeness (QED) is 0.796. The van der Waals surface area contributed by atoms with E-state index in [0.717, 1.165) is 32.4 Å². The van der Waals surface area contributed by atoms with E-state index >= 15 is 0 Å². The minimum absolute atomic E-state index is 0.122. The second-order valence-electron chi connectivity index (χ2n) is 6.51. The molecule has 0 saturated carbocycles. The number of aryl methyl sites for hydroxylation is 1. The van der Waals surface area contributed by atoms with Crippen molar-refractivity contribution in [1.29, 1.82) is 0 Å². The molecule has 3 rings (SSSR count). The summed E-state index contributed by atoms with van der Waals surface area (Å²) in [6, 6.07) is 9.92. The number of carbonyl (C=O) groups excluding carboxylic acids is 1. The third-order valence-electron chi connectivity index (χ3n) is 4.48. The Morgan fingerprint density at radius 1 is 1.12 bits per heavy atom. The van der Waals surface area contributed by atoms with Gasteiger partial charge in [0.05, 0.1) is 21.4 Å². The van der Waals surface area contributed by atoms with E-state index in [1.54, 1.807) is 48.2 Å². The van der Waals surface area contributed by atoms with Crippen LogP contribution in [0.25, 0.3) is 0 Å². The van der Waals surface area contributed by atoms with Crippen LogP contribution in [0.3, 0.4) is 0 Å². The molecule has 0 spiro atoms. The molecule has 0 unspecified atom stereocenters. The average molecular weight is 393 g/mol. The fourth-order valence-electron chi connectivity index (χ4n) is 3.22. The number of carbonyl (C=O) groups is 1. The van der Waals surface area contributed by atoms with Gasteiger partial charge in [0.25, 0.3) is 5.91 Å². The third kappa shape index (κ3) is 4.07. The van der Waals surface area contributed by atoms with Crippen molar-refractivity contribution < 1.29 is 13.2 Å². The van der Waals surface area contributed by atoms with Crippen LogP contribution in [-0.2, 0) is 15.6 Å². The number of rotatable bonds is 4. The number of sulfone groups is 1. The predicted octanol–water partition coefficient (Wildman–Crippen LogP) is 3.64. The van der Waals surface area contributed by atoms with Crippen LogP contribution in [0.2, 0.25) is 5.02 Å². The van der Waals surface area contributed by atoms with Crippen LogP contribution < -0.4 is 0 Å². The Kier molecular flexibility index (Phi) is 5.63. The van der Waals surface area contributed by atoms with Crippen molar-refractivity contribution in [3.05, 3.63) is 58.4 Å². The Hall–Kier alpha value is -1.92. The molecule has 26 heavy (non-hydrogen) atoms. The Balaban J connectivity index is 1.85. The molecular weight excluding hydrogens is 372 g/mol. The molecule has 2 aromatic rings. The van der Waals surface area contributed by atoms with Gasteiger partial charge in [0.2, 0.25) is 0 Å². The maximum absolute atomic E-state index is 12.8. The van der Waals surface area contributed by atoms with Crippen molar-refractivity contribution in [1.82, 2.24) is 9.88 Å². The summed E-state index contributed by atoms with van der Waals surface area (Å²) in [5.41, 5.74) is 1.22. The first-order valence-electron chi connectivity index (χ1n) is 8.61. The summed E-state index contributed by atoms with van der Waals surface area (Å²) < 4.78 is 25.6. The first-order valence-corrected chi connectivity index (χ1v) is 10.6. The molecule has 0 atom stereocenters. The molecule has 2 heterocycles. The van der Waals surface area contributed by atoms with E-state index in [2.05, 4.69) is 4.98 Å². The summed E-state index contributed by atoms with van der Waals surface area (Å²) in [5.74, 6) is -0.434. The van der Waals surface area contributed by atoms with Gasteiger partial charge in [0.15, 0.2) is 9.84 Å². The van der Waals surface area contributed by atoms with E-state index in [1.165, 1.54) is 0 Å². The Labute approximate surface area is 158 Å². The zero-order chi connectivity index (χ0) is 18.7. The SMILES string of the molecule is Cc1cccc(Cl)c1S(=O)(=O)Cc1cccc(C(=O)N2CCCCC2)n1. The van der Waals surface area contributed by atoms with Gasteiger partial charge in [0, 0.05) is 13.1 Å². The first kappa shape index (κ1) is 18.9. The highest BCUT2D eigenvalue weighted by molar-refractivity contribution is 7.90. The van der Waals surface area contributed by atoms with Gasteiger partial charge in [-0.05, 0) is 49.9 Å². The number of piperidine rings is 1. The fraction of sp³-hybridized carbons (Fsp3) is 0.368. The summed E-state index contributed by atoms with van der Waals surface area (Å²) >= 11 is 6.10. The lowest BCUT2D eigenvalue weighted by Gasteiger charge is -2.26. The van der Waals surface area contributed by atoms with Crippen LogP contribution in [-0.4, -0.2) is 37.3 Å². The van der Waals surface area contributed by atoms with Crippen LogP contribution in [0.5, 0.6) is 0 Å². The maximum Gasteiger partial charge on any atom is 0.272 e. The standard InChI is InChI=1S/C19H21ClN2O3S/c1-14-7-5-9-16(20)18(14)26(24,25)13-15-8-6-10-17(21-15)19(23)22-11-3-2-4-12-22/h5-10H,2-4,11-13H2,1H3. The highest BCUT2D eigenvalue weighted by atomic mass is 35.5. The number of likely N-dealkylation sites (tertiary alicyclic amines) is 1. The number of hydrogen-bond donors (Lipinski definition) is 0. The molecule has 1 aliphatic heterocycles. The van der Waals surface area contributed by atoms with Crippen LogP contribution >= 0.6 is 11.6 Å². The monoisotopic (exact) mass is 392 g/mol. The van der Waals surface area contributed by atoms with Crippen LogP contribution in [0.1, 0.15) is 41.0 Å². The summed E-state index contributed by atoms with van der Waals surface area (Å²) in [6.07, 6.45) is 3.11. The molecular formula is C19H21ClN2O3S. The van der Waals surface area contributed by atoms with E-state index in [1.807, 2.05) is 0 Å². The van der Waals surface area contributed by atoms with Gasteiger partial charge < -0.3 is 4.90 Å². The van der Waals surface area contributed by atoms with Gasteiger partial charge in [0.1, 0.15) is 5.69 Å². The summed E-state index contributed by atoms with van der Waals surface area (Å²) in [6.45, 7) is 3.16. The van der Waals surface area contributed by atoms with Crippen molar-refractivity contribution in [3.63, 3.8) is 0 Å². The Morgan fingerprint density at radius 2 is 1.81 bits per heavy atom. The molecule has 1 saturated heterocycles. The molecule has 1 fully saturated rings. The molecule has 5 nitrogen and oxygen atoms in total. The molecule has 7 heteroatoms. The molecule has 1 aliphatic rings. The van der Waals surface area contributed by atoms with Gasteiger partial charge >= 0.3 is 0 Å². The lowest BCUT2D eigenvalue weighted by molar-refractivity contribution is 0.0718. The largest absolute Gasteiger partial charge is 0.337 e. The Bertz CT molecular complexity index is 902. The second kappa shape index (κ2) is 7.76. The van der Waals surface area contributed by atoms with Crippen LogP contribution in [0.15, 0.2) is 41.3 Å². The minimum atomic E-state index is -3.66. The lowest BCUT2D eigenvalue weighted by Crippen LogP contribution is -2.36. The van der Waals surface area contributed by atoms with Gasteiger partial charge in [-0.25, -0.2) is 13.4 Å². The Morgan fingerprint density at radius 3 is 2.50 bits per heavy atom. The molecule has 1 aromatic carbocycles. The molecule has 0 radical (unpaired) electrons. The first-order chi connectivity index (χ1) is 12.4. The van der Waals surface area contributed by atoms with E-state index in [9.17, 15) is 13.2 Å². The number of halogens is 1. The summed E-state index contributed by atoms with van der Waals surface area (Å²) in [7, 11) is -3.66. The number of hydrogen-bond acceptors (Lipinski definition) is 4. The zero-order valence-electron chi connectivity index (χ0n) is 14.6. The smallest absolute Gasteiger partial charge is 0.272 e. The number of pyridine rings is 1. The van der Waals surface area contributed by atoms with Gasteiger partial charge in [-0.1, -0.05) is 29.8 Å². The van der Waals surface area contributed by atoms with Crippen molar-refractivity contribution in [3.8, 4) is 0 Å².